The van der Waals surface area contributed by atoms with Gasteiger partial charge < -0.3 is 4.42 Å². The monoisotopic (exact) mass is 227 g/mol. The summed E-state index contributed by atoms with van der Waals surface area (Å²) in [6.45, 7) is 0. The first-order chi connectivity index (χ1) is 7.15. The quantitative estimate of drug-likeness (QED) is 0.817. The minimum absolute atomic E-state index is 0.0902. The molecule has 0 saturated carbocycles. The van der Waals surface area contributed by atoms with E-state index in [1.165, 1.54) is 16.9 Å². The van der Waals surface area contributed by atoms with Gasteiger partial charge in [0.05, 0.1) is 7.05 Å². The van der Waals surface area contributed by atoms with Gasteiger partial charge in [0.1, 0.15) is 0 Å². The molecular weight excluding hydrogens is 222 g/mol. The van der Waals surface area contributed by atoms with Gasteiger partial charge in [0.15, 0.2) is 11.0 Å². The molecule has 2 heterocycles. The smallest absolute Gasteiger partial charge is 0.293 e. The molecule has 0 spiro atoms. The summed E-state index contributed by atoms with van der Waals surface area (Å²) in [6, 6.07) is 2.93. The van der Waals surface area contributed by atoms with Crippen molar-refractivity contribution in [1.82, 2.24) is 20.2 Å². The number of tetrazole rings is 1. The third kappa shape index (κ3) is 2.13. The average Bonchev–Trinajstić information content (AvgIpc) is 2.75. The van der Waals surface area contributed by atoms with E-state index in [4.69, 9.17) is 16.0 Å². The van der Waals surface area contributed by atoms with Crippen LogP contribution in [0.1, 0.15) is 10.6 Å². The Balaban J connectivity index is 2.10. The van der Waals surface area contributed by atoms with Gasteiger partial charge in [-0.05, 0) is 28.9 Å². The van der Waals surface area contributed by atoms with Crippen molar-refractivity contribution in [2.75, 3.05) is 5.32 Å². The predicted molar refractivity (Wildman–Crippen MR) is 50.5 cm³/mol. The fraction of sp³-hybridized carbons (Fsp3) is 0.143. The van der Waals surface area contributed by atoms with Gasteiger partial charge in [0.2, 0.25) is 0 Å². The second-order valence-corrected chi connectivity index (χ2v) is 3.03. The van der Waals surface area contributed by atoms with Crippen LogP contribution in [0.3, 0.4) is 0 Å². The number of aryl methyl sites for hydroxylation is 1. The van der Waals surface area contributed by atoms with Gasteiger partial charge in [-0.25, -0.2) is 0 Å². The summed E-state index contributed by atoms with van der Waals surface area (Å²) < 4.78 is 4.89. The standard InChI is InChI=1S/C7H6ClN5O2/c1-13-11-7(10-12-13)9-6(14)4-2-3-5(8)15-4/h2-3H,1H3,(H,9,11,14). The van der Waals surface area contributed by atoms with Crippen molar-refractivity contribution in [1.29, 1.82) is 0 Å². The molecule has 0 unspecified atom stereocenters. The lowest BCUT2D eigenvalue weighted by molar-refractivity contribution is 0.0996. The molecule has 7 nitrogen and oxygen atoms in total. The van der Waals surface area contributed by atoms with Gasteiger partial charge in [0, 0.05) is 0 Å². The minimum atomic E-state index is -0.477. The van der Waals surface area contributed by atoms with E-state index in [9.17, 15) is 4.79 Å². The Morgan fingerprint density at radius 2 is 2.40 bits per heavy atom. The largest absolute Gasteiger partial charge is 0.440 e. The Labute approximate surface area is 89.0 Å². The summed E-state index contributed by atoms with van der Waals surface area (Å²) in [5.41, 5.74) is 0. The molecule has 1 N–H and O–H groups in total. The van der Waals surface area contributed by atoms with Crippen molar-refractivity contribution in [2.45, 2.75) is 0 Å². The molecule has 2 aromatic rings. The molecule has 0 aliphatic carbocycles. The maximum absolute atomic E-state index is 11.5. The minimum Gasteiger partial charge on any atom is -0.440 e. The van der Waals surface area contributed by atoms with Crippen LogP contribution in [0, 0.1) is 0 Å². The maximum Gasteiger partial charge on any atom is 0.293 e. The van der Waals surface area contributed by atoms with Crippen LogP contribution in [0.15, 0.2) is 16.5 Å². The molecule has 0 aliphatic heterocycles. The number of anilines is 1. The molecule has 78 valence electrons. The molecule has 0 atom stereocenters. The van der Waals surface area contributed by atoms with Gasteiger partial charge in [-0.1, -0.05) is 5.10 Å². The lowest BCUT2D eigenvalue weighted by Gasteiger charge is -1.94. The summed E-state index contributed by atoms with van der Waals surface area (Å²) in [4.78, 5) is 12.7. The predicted octanol–water partition coefficient (Wildman–Crippen LogP) is 0.709. The topological polar surface area (TPSA) is 85.8 Å². The van der Waals surface area contributed by atoms with Crippen molar-refractivity contribution < 1.29 is 9.21 Å². The van der Waals surface area contributed by atoms with E-state index in [0.29, 0.717) is 0 Å². The number of carbonyl (C=O) groups is 1. The molecule has 8 heteroatoms. The highest BCUT2D eigenvalue weighted by atomic mass is 35.5. The summed E-state index contributed by atoms with van der Waals surface area (Å²) in [7, 11) is 1.59. The van der Waals surface area contributed by atoms with Gasteiger partial charge in [-0.15, -0.1) is 5.10 Å². The normalized spacial score (nSPS) is 10.3. The van der Waals surface area contributed by atoms with Crippen molar-refractivity contribution >= 4 is 23.5 Å². The SMILES string of the molecule is Cn1nnc(NC(=O)c2ccc(Cl)o2)n1. The maximum atomic E-state index is 11.5. The molecule has 2 aromatic heterocycles. The number of hydrogen-bond donors (Lipinski definition) is 1. The third-order valence-corrected chi connectivity index (χ3v) is 1.73. The molecule has 2 rings (SSSR count). The molecule has 0 saturated heterocycles. The zero-order valence-electron chi connectivity index (χ0n) is 7.64. The average molecular weight is 228 g/mol. The van der Waals surface area contributed by atoms with Crippen molar-refractivity contribution in [3.8, 4) is 0 Å². The molecule has 15 heavy (non-hydrogen) atoms. The number of carbonyl (C=O) groups excluding carboxylic acids is 1. The van der Waals surface area contributed by atoms with Crippen molar-refractivity contribution in [2.24, 2.45) is 7.05 Å². The van der Waals surface area contributed by atoms with Crippen LogP contribution >= 0.6 is 11.6 Å². The van der Waals surface area contributed by atoms with Gasteiger partial charge in [-0.2, -0.15) is 4.80 Å². The zero-order valence-corrected chi connectivity index (χ0v) is 8.39. The summed E-state index contributed by atoms with van der Waals surface area (Å²) in [5.74, 6) is -0.280. The van der Waals surface area contributed by atoms with E-state index in [2.05, 4.69) is 20.7 Å². The summed E-state index contributed by atoms with van der Waals surface area (Å²) >= 11 is 5.52. The number of halogens is 1. The van der Waals surface area contributed by atoms with Crippen LogP contribution in [0.25, 0.3) is 0 Å². The highest BCUT2D eigenvalue weighted by Gasteiger charge is 2.12. The van der Waals surface area contributed by atoms with Gasteiger partial charge in [0.25, 0.3) is 11.9 Å². The Morgan fingerprint density at radius 1 is 1.60 bits per heavy atom. The van der Waals surface area contributed by atoms with E-state index in [1.54, 1.807) is 7.05 Å². The molecule has 0 aromatic carbocycles. The molecule has 0 aliphatic rings. The number of furan rings is 1. The Bertz CT molecular complexity index is 491. The Hall–Kier alpha value is -1.89. The number of nitrogens with one attached hydrogen (secondary N) is 1. The van der Waals surface area contributed by atoms with Crippen LogP contribution in [0.5, 0.6) is 0 Å². The van der Waals surface area contributed by atoms with Crippen LogP contribution < -0.4 is 5.32 Å². The van der Waals surface area contributed by atoms with Crippen LogP contribution in [-0.4, -0.2) is 26.1 Å². The highest BCUT2D eigenvalue weighted by Crippen LogP contribution is 2.13. The lowest BCUT2D eigenvalue weighted by atomic mass is 10.4. The Kier molecular flexibility index (Phi) is 2.38. The van der Waals surface area contributed by atoms with E-state index in [1.807, 2.05) is 0 Å². The number of amides is 1. The van der Waals surface area contributed by atoms with E-state index in [-0.39, 0.29) is 16.9 Å². The number of aromatic nitrogens is 4. The molecule has 0 bridgehead atoms. The molecular formula is C7H6ClN5O2. The number of nitrogens with zero attached hydrogens (tertiary/aromatic N) is 4. The van der Waals surface area contributed by atoms with Crippen LogP contribution in [0.4, 0.5) is 5.95 Å². The Morgan fingerprint density at radius 3 is 2.93 bits per heavy atom. The third-order valence-electron chi connectivity index (χ3n) is 1.53. The lowest BCUT2D eigenvalue weighted by Crippen LogP contribution is -2.12. The first-order valence-electron chi connectivity index (χ1n) is 3.96. The fourth-order valence-corrected chi connectivity index (χ4v) is 1.08. The highest BCUT2D eigenvalue weighted by molar-refractivity contribution is 6.29. The van der Waals surface area contributed by atoms with Crippen LogP contribution in [-0.2, 0) is 7.05 Å². The molecule has 1 amide bonds. The van der Waals surface area contributed by atoms with Gasteiger partial charge in [-0.3, -0.25) is 10.1 Å². The fourth-order valence-electron chi connectivity index (χ4n) is 0.934. The first-order valence-corrected chi connectivity index (χ1v) is 4.33. The van der Waals surface area contributed by atoms with Gasteiger partial charge >= 0.3 is 0 Å². The van der Waals surface area contributed by atoms with E-state index < -0.39 is 5.91 Å². The zero-order chi connectivity index (χ0) is 10.8. The van der Waals surface area contributed by atoms with E-state index in [0.717, 1.165) is 0 Å². The molecule has 0 fully saturated rings. The number of rotatable bonds is 2. The summed E-state index contributed by atoms with van der Waals surface area (Å²) in [5, 5.41) is 13.4. The summed E-state index contributed by atoms with van der Waals surface area (Å²) in [6.07, 6.45) is 0. The number of hydrogen-bond acceptors (Lipinski definition) is 5. The second kappa shape index (κ2) is 3.70. The van der Waals surface area contributed by atoms with Crippen LogP contribution in [0.2, 0.25) is 5.22 Å². The first kappa shape index (κ1) is 9.66. The second-order valence-electron chi connectivity index (χ2n) is 2.66. The molecule has 0 radical (unpaired) electrons. The van der Waals surface area contributed by atoms with E-state index >= 15 is 0 Å². The van der Waals surface area contributed by atoms with Crippen molar-refractivity contribution in [3.63, 3.8) is 0 Å². The van der Waals surface area contributed by atoms with Crippen molar-refractivity contribution in [3.05, 3.63) is 23.1 Å².